The smallest absolute Gasteiger partial charge is 0.357 e. The number of nitrogens with zero attached hydrogens (tertiary/aromatic N) is 3. The number of hydrogen-bond donors (Lipinski definition) is 1. The highest BCUT2D eigenvalue weighted by Crippen LogP contribution is 2.27. The van der Waals surface area contributed by atoms with Gasteiger partial charge in [0.2, 0.25) is 5.91 Å². The van der Waals surface area contributed by atoms with Crippen LogP contribution in [0.3, 0.4) is 0 Å². The molecule has 2 rings (SSSR count). The van der Waals surface area contributed by atoms with Gasteiger partial charge in [0.15, 0.2) is 5.69 Å². The van der Waals surface area contributed by atoms with Crippen LogP contribution in [0, 0.1) is 0 Å². The van der Waals surface area contributed by atoms with Crippen molar-refractivity contribution in [3.8, 4) is 0 Å². The first-order valence-electron chi connectivity index (χ1n) is 5.56. The van der Waals surface area contributed by atoms with Gasteiger partial charge in [0.25, 0.3) is 6.01 Å². The van der Waals surface area contributed by atoms with Crippen LogP contribution >= 0.6 is 0 Å². The predicted octanol–water partition coefficient (Wildman–Crippen LogP) is 0.430. The highest BCUT2D eigenvalue weighted by Gasteiger charge is 2.42. The first-order chi connectivity index (χ1) is 8.34. The molecule has 1 aliphatic heterocycles. The van der Waals surface area contributed by atoms with Crippen molar-refractivity contribution in [2.75, 3.05) is 25.0 Å². The van der Waals surface area contributed by atoms with Crippen LogP contribution < -0.4 is 4.90 Å². The molecule has 0 saturated carbocycles. The van der Waals surface area contributed by atoms with Gasteiger partial charge in [-0.2, -0.15) is 4.98 Å². The van der Waals surface area contributed by atoms with Crippen LogP contribution in [0.4, 0.5) is 6.01 Å². The summed E-state index contributed by atoms with van der Waals surface area (Å²) >= 11 is 0. The number of aromatic nitrogens is 1. The maximum Gasteiger partial charge on any atom is 0.357 e. The maximum absolute atomic E-state index is 12.1. The summed E-state index contributed by atoms with van der Waals surface area (Å²) in [5.41, 5.74) is -0.958. The molecule has 1 saturated heterocycles. The van der Waals surface area contributed by atoms with E-state index in [-0.39, 0.29) is 17.6 Å². The van der Waals surface area contributed by atoms with Gasteiger partial charge in [-0.15, -0.1) is 0 Å². The van der Waals surface area contributed by atoms with E-state index in [0.29, 0.717) is 13.1 Å². The van der Waals surface area contributed by atoms with Crippen molar-refractivity contribution < 1.29 is 19.1 Å². The number of oxazole rings is 1. The second-order valence-corrected chi connectivity index (χ2v) is 4.76. The highest BCUT2D eigenvalue weighted by atomic mass is 16.4. The molecule has 0 unspecified atom stereocenters. The SMILES string of the molecule is CN1CCN(c2nc(C(=O)O)co2)C(C)(C)C1=O. The standard InChI is InChI=1S/C11H15N3O4/c1-11(2)9(17)13(3)4-5-14(11)10-12-7(6-18-10)8(15)16/h6H,4-5H2,1-3H3,(H,15,16). The molecule has 2 heterocycles. The lowest BCUT2D eigenvalue weighted by molar-refractivity contribution is -0.136. The third-order valence-electron chi connectivity index (χ3n) is 3.15. The Kier molecular flexibility index (Phi) is 2.76. The van der Waals surface area contributed by atoms with Crippen molar-refractivity contribution >= 4 is 17.9 Å². The number of likely N-dealkylation sites (N-methyl/N-ethyl adjacent to an activating group) is 1. The van der Waals surface area contributed by atoms with Crippen LogP contribution in [0.2, 0.25) is 0 Å². The van der Waals surface area contributed by atoms with Gasteiger partial charge in [-0.05, 0) is 13.8 Å². The summed E-state index contributed by atoms with van der Waals surface area (Å²) in [6, 6.07) is 0.166. The van der Waals surface area contributed by atoms with Gasteiger partial charge in [0, 0.05) is 20.1 Å². The summed E-state index contributed by atoms with van der Waals surface area (Å²) in [7, 11) is 1.74. The molecule has 1 aromatic heterocycles. The molecule has 1 N–H and O–H groups in total. The zero-order valence-corrected chi connectivity index (χ0v) is 10.5. The van der Waals surface area contributed by atoms with E-state index in [1.165, 1.54) is 0 Å². The molecule has 98 valence electrons. The monoisotopic (exact) mass is 253 g/mol. The number of amides is 1. The fourth-order valence-corrected chi connectivity index (χ4v) is 2.03. The molecule has 0 radical (unpaired) electrons. The first kappa shape index (κ1) is 12.4. The molecule has 1 aromatic rings. The number of carboxylic acid groups (broad SMARTS) is 1. The van der Waals surface area contributed by atoms with Crippen LogP contribution in [0.5, 0.6) is 0 Å². The molecule has 7 nitrogen and oxygen atoms in total. The Labute approximate surface area is 104 Å². The van der Waals surface area contributed by atoms with Gasteiger partial charge in [-0.1, -0.05) is 0 Å². The number of aromatic carboxylic acids is 1. The average molecular weight is 253 g/mol. The number of hydrogen-bond acceptors (Lipinski definition) is 5. The third-order valence-corrected chi connectivity index (χ3v) is 3.15. The van der Waals surface area contributed by atoms with Gasteiger partial charge < -0.3 is 19.3 Å². The topological polar surface area (TPSA) is 86.9 Å². The lowest BCUT2D eigenvalue weighted by atomic mass is 9.98. The Bertz CT molecular complexity index is 494. The zero-order valence-electron chi connectivity index (χ0n) is 10.5. The minimum absolute atomic E-state index is 0.0520. The summed E-state index contributed by atoms with van der Waals surface area (Å²) in [5.74, 6) is -1.20. The van der Waals surface area contributed by atoms with E-state index in [1.54, 1.807) is 30.7 Å². The average Bonchev–Trinajstić information content (AvgIpc) is 2.75. The molecule has 18 heavy (non-hydrogen) atoms. The van der Waals surface area contributed by atoms with Crippen LogP contribution in [0.25, 0.3) is 0 Å². The third kappa shape index (κ3) is 1.81. The number of carbonyl (C=O) groups excluding carboxylic acids is 1. The van der Waals surface area contributed by atoms with E-state index < -0.39 is 11.5 Å². The summed E-state index contributed by atoms with van der Waals surface area (Å²) in [6.45, 7) is 4.62. The molecule has 0 atom stereocenters. The van der Waals surface area contributed by atoms with E-state index in [1.807, 2.05) is 0 Å². The second kappa shape index (κ2) is 4.01. The van der Waals surface area contributed by atoms with Crippen LogP contribution in [0.15, 0.2) is 10.7 Å². The van der Waals surface area contributed by atoms with Gasteiger partial charge >= 0.3 is 5.97 Å². The Morgan fingerprint density at radius 2 is 2.17 bits per heavy atom. The lowest BCUT2D eigenvalue weighted by Gasteiger charge is -2.43. The Morgan fingerprint density at radius 3 is 2.72 bits per heavy atom. The summed E-state index contributed by atoms with van der Waals surface area (Å²) in [4.78, 5) is 30.0. The molecule has 0 bridgehead atoms. The molecule has 1 amide bonds. The van der Waals surface area contributed by atoms with Crippen molar-refractivity contribution in [3.05, 3.63) is 12.0 Å². The van der Waals surface area contributed by atoms with Crippen LogP contribution in [0.1, 0.15) is 24.3 Å². The van der Waals surface area contributed by atoms with Crippen molar-refractivity contribution in [2.24, 2.45) is 0 Å². The van der Waals surface area contributed by atoms with Crippen LogP contribution in [-0.2, 0) is 4.79 Å². The first-order valence-corrected chi connectivity index (χ1v) is 5.56. The number of carboxylic acids is 1. The molecule has 1 fully saturated rings. The number of anilines is 1. The Morgan fingerprint density at radius 1 is 1.50 bits per heavy atom. The molecular formula is C11H15N3O4. The number of piperazine rings is 1. The van der Waals surface area contributed by atoms with E-state index in [2.05, 4.69) is 4.98 Å². The molecule has 0 aliphatic carbocycles. The molecule has 7 heteroatoms. The zero-order chi connectivity index (χ0) is 13.5. The quantitative estimate of drug-likeness (QED) is 0.822. The summed E-state index contributed by atoms with van der Waals surface area (Å²) < 4.78 is 5.15. The number of carbonyl (C=O) groups is 2. The van der Waals surface area contributed by atoms with Crippen molar-refractivity contribution in [1.29, 1.82) is 0 Å². The fourth-order valence-electron chi connectivity index (χ4n) is 2.03. The van der Waals surface area contributed by atoms with E-state index in [4.69, 9.17) is 9.52 Å². The Balaban J connectivity index is 2.32. The van der Waals surface area contributed by atoms with Crippen LogP contribution in [-0.4, -0.2) is 52.5 Å². The molecule has 0 aromatic carbocycles. The molecule has 0 spiro atoms. The second-order valence-electron chi connectivity index (χ2n) is 4.76. The van der Waals surface area contributed by atoms with E-state index in [9.17, 15) is 9.59 Å². The maximum atomic E-state index is 12.1. The largest absolute Gasteiger partial charge is 0.476 e. The normalized spacial score (nSPS) is 19.2. The van der Waals surface area contributed by atoms with Gasteiger partial charge in [-0.3, -0.25) is 4.79 Å². The van der Waals surface area contributed by atoms with Crippen molar-refractivity contribution in [3.63, 3.8) is 0 Å². The Hall–Kier alpha value is -2.05. The van der Waals surface area contributed by atoms with E-state index >= 15 is 0 Å². The minimum Gasteiger partial charge on any atom is -0.476 e. The molecule has 1 aliphatic rings. The highest BCUT2D eigenvalue weighted by molar-refractivity contribution is 5.90. The van der Waals surface area contributed by atoms with Gasteiger partial charge in [0.1, 0.15) is 11.8 Å². The minimum atomic E-state index is -1.15. The fraction of sp³-hybridized carbons (Fsp3) is 0.545. The van der Waals surface area contributed by atoms with Crippen molar-refractivity contribution in [2.45, 2.75) is 19.4 Å². The van der Waals surface area contributed by atoms with Crippen molar-refractivity contribution in [1.82, 2.24) is 9.88 Å². The van der Waals surface area contributed by atoms with Gasteiger partial charge in [-0.25, -0.2) is 4.79 Å². The van der Waals surface area contributed by atoms with E-state index in [0.717, 1.165) is 6.26 Å². The lowest BCUT2D eigenvalue weighted by Crippen LogP contribution is -2.62. The molecular weight excluding hydrogens is 238 g/mol. The summed E-state index contributed by atoms with van der Waals surface area (Å²) in [6.07, 6.45) is 1.08. The van der Waals surface area contributed by atoms with Gasteiger partial charge in [0.05, 0.1) is 0 Å². The predicted molar refractivity (Wildman–Crippen MR) is 62.5 cm³/mol. The number of rotatable bonds is 2. The summed E-state index contributed by atoms with van der Waals surface area (Å²) in [5, 5.41) is 8.80.